The van der Waals surface area contributed by atoms with Gasteiger partial charge in [-0.2, -0.15) is 0 Å². The zero-order chi connectivity index (χ0) is 22.5. The Labute approximate surface area is 180 Å². The molecule has 0 radical (unpaired) electrons. The molecule has 0 saturated heterocycles. The number of hydrogen-bond donors (Lipinski definition) is 1. The van der Waals surface area contributed by atoms with Crippen molar-refractivity contribution in [2.45, 2.75) is 39.7 Å². The molecular weight excluding hydrogens is 400 g/mol. The van der Waals surface area contributed by atoms with Gasteiger partial charge in [0.05, 0.1) is 12.7 Å². The molecular formula is C24H24O7. The summed E-state index contributed by atoms with van der Waals surface area (Å²) < 4.78 is 16.6. The van der Waals surface area contributed by atoms with Crippen molar-refractivity contribution in [2.75, 3.05) is 7.11 Å². The second-order valence-electron chi connectivity index (χ2n) is 7.30. The average Bonchev–Trinajstić information content (AvgIpc) is 3.15. The fraction of sp³-hybridized carbons (Fsp3) is 0.292. The van der Waals surface area contributed by atoms with Crippen molar-refractivity contribution in [2.24, 2.45) is 0 Å². The maximum Gasteiger partial charge on any atom is 0.343 e. The molecule has 7 nitrogen and oxygen atoms in total. The third-order valence-electron chi connectivity index (χ3n) is 5.22. The third-order valence-corrected chi connectivity index (χ3v) is 5.22. The Hall–Kier alpha value is -3.61. The van der Waals surface area contributed by atoms with Crippen LogP contribution in [0.3, 0.4) is 0 Å². The van der Waals surface area contributed by atoms with Crippen LogP contribution in [0.2, 0.25) is 0 Å². The number of fused-ring (bicyclic) bond motifs is 1. The molecule has 3 rings (SSSR count). The predicted octanol–water partition coefficient (Wildman–Crippen LogP) is 4.25. The van der Waals surface area contributed by atoms with Crippen LogP contribution in [-0.4, -0.2) is 30.1 Å². The van der Waals surface area contributed by atoms with E-state index in [0.29, 0.717) is 35.3 Å². The minimum absolute atomic E-state index is 0.0187. The van der Waals surface area contributed by atoms with Crippen LogP contribution in [0.15, 0.2) is 42.0 Å². The van der Waals surface area contributed by atoms with Crippen LogP contribution in [0.25, 0.3) is 0 Å². The van der Waals surface area contributed by atoms with Crippen LogP contribution < -0.4 is 9.47 Å². The van der Waals surface area contributed by atoms with Crippen LogP contribution in [0, 0.1) is 6.92 Å². The van der Waals surface area contributed by atoms with Crippen LogP contribution in [0.1, 0.15) is 57.2 Å². The lowest BCUT2D eigenvalue weighted by molar-refractivity contribution is -0.136. The van der Waals surface area contributed by atoms with Gasteiger partial charge in [-0.05, 0) is 44.4 Å². The Balaban J connectivity index is 2.07. The van der Waals surface area contributed by atoms with Gasteiger partial charge in [0.25, 0.3) is 0 Å². The Morgan fingerprint density at radius 1 is 1.16 bits per heavy atom. The van der Waals surface area contributed by atoms with E-state index in [1.54, 1.807) is 30.3 Å². The van der Waals surface area contributed by atoms with Gasteiger partial charge in [-0.3, -0.25) is 4.79 Å². The summed E-state index contributed by atoms with van der Waals surface area (Å²) in [5.74, 6) is -1.39. The maximum absolute atomic E-state index is 12.8. The zero-order valence-electron chi connectivity index (χ0n) is 17.7. The lowest BCUT2D eigenvalue weighted by Gasteiger charge is -2.19. The Morgan fingerprint density at radius 2 is 1.87 bits per heavy atom. The summed E-state index contributed by atoms with van der Waals surface area (Å²) in [5.41, 5.74) is 3.36. The topological polar surface area (TPSA) is 99.1 Å². The summed E-state index contributed by atoms with van der Waals surface area (Å²) in [7, 11) is 1.51. The first-order chi connectivity index (χ1) is 14.8. The van der Waals surface area contributed by atoms with Crippen LogP contribution >= 0.6 is 0 Å². The van der Waals surface area contributed by atoms with Gasteiger partial charge in [0.1, 0.15) is 17.9 Å². The molecule has 2 aromatic carbocycles. The molecule has 1 N–H and O–H groups in total. The highest BCUT2D eigenvalue weighted by Crippen LogP contribution is 2.43. The summed E-state index contributed by atoms with van der Waals surface area (Å²) in [5, 5.41) is 8.90. The molecule has 162 valence electrons. The first-order valence-electron chi connectivity index (χ1n) is 9.87. The van der Waals surface area contributed by atoms with E-state index < -0.39 is 17.9 Å². The molecule has 1 aliphatic heterocycles. The summed E-state index contributed by atoms with van der Waals surface area (Å²) >= 11 is 0. The van der Waals surface area contributed by atoms with Gasteiger partial charge in [-0.15, -0.1) is 0 Å². The monoisotopic (exact) mass is 424 g/mol. The van der Waals surface area contributed by atoms with Crippen molar-refractivity contribution >= 4 is 17.9 Å². The van der Waals surface area contributed by atoms with Crippen molar-refractivity contribution in [3.05, 3.63) is 69.8 Å². The first kappa shape index (κ1) is 22.1. The number of carbonyl (C=O) groups is 3. The molecule has 1 aliphatic rings. The number of methoxy groups -OCH3 is 1. The van der Waals surface area contributed by atoms with Gasteiger partial charge in [-0.25, -0.2) is 9.59 Å². The number of aliphatic carboxylic acids is 1. The minimum atomic E-state index is -0.876. The summed E-state index contributed by atoms with van der Waals surface area (Å²) in [6.45, 7) is 3.74. The molecule has 1 heterocycles. The number of allylic oxidation sites excluding steroid dienone is 2. The van der Waals surface area contributed by atoms with Crippen molar-refractivity contribution in [1.29, 1.82) is 0 Å². The lowest BCUT2D eigenvalue weighted by atomic mass is 9.94. The number of carboxylic acid groups (broad SMARTS) is 1. The molecule has 0 amide bonds. The third kappa shape index (κ3) is 4.77. The summed E-state index contributed by atoms with van der Waals surface area (Å²) in [6.07, 6.45) is 2.56. The van der Waals surface area contributed by atoms with Crippen molar-refractivity contribution < 1.29 is 33.7 Å². The number of benzene rings is 2. The van der Waals surface area contributed by atoms with Gasteiger partial charge in [-0.1, -0.05) is 29.8 Å². The van der Waals surface area contributed by atoms with Gasteiger partial charge in [0.2, 0.25) is 0 Å². The highest BCUT2D eigenvalue weighted by Gasteiger charge is 2.34. The molecule has 7 heteroatoms. The molecule has 0 atom stereocenters. The molecule has 0 unspecified atom stereocenters. The van der Waals surface area contributed by atoms with E-state index in [2.05, 4.69) is 0 Å². The second-order valence-corrected chi connectivity index (χ2v) is 7.30. The van der Waals surface area contributed by atoms with E-state index in [1.807, 2.05) is 19.9 Å². The van der Waals surface area contributed by atoms with Crippen molar-refractivity contribution in [3.63, 3.8) is 0 Å². The normalized spacial score (nSPS) is 12.9. The number of carboxylic acids is 1. The van der Waals surface area contributed by atoms with Crippen LogP contribution in [0.5, 0.6) is 11.5 Å². The van der Waals surface area contributed by atoms with E-state index in [-0.39, 0.29) is 24.3 Å². The smallest absolute Gasteiger partial charge is 0.343 e. The predicted molar refractivity (Wildman–Crippen MR) is 113 cm³/mol. The molecule has 0 bridgehead atoms. The van der Waals surface area contributed by atoms with Gasteiger partial charge >= 0.3 is 17.9 Å². The van der Waals surface area contributed by atoms with Crippen molar-refractivity contribution in [3.8, 4) is 11.5 Å². The zero-order valence-corrected chi connectivity index (χ0v) is 17.7. The first-order valence-corrected chi connectivity index (χ1v) is 9.87. The number of ether oxygens (including phenoxy) is 3. The second kappa shape index (κ2) is 9.47. The van der Waals surface area contributed by atoms with Crippen LogP contribution in [-0.2, 0) is 22.6 Å². The van der Waals surface area contributed by atoms with Crippen LogP contribution in [0.4, 0.5) is 0 Å². The Kier molecular flexibility index (Phi) is 6.74. The highest BCUT2D eigenvalue weighted by molar-refractivity contribution is 6.00. The number of esters is 2. The molecule has 0 saturated carbocycles. The highest BCUT2D eigenvalue weighted by atomic mass is 16.6. The molecule has 0 aliphatic carbocycles. The van der Waals surface area contributed by atoms with Gasteiger partial charge < -0.3 is 19.3 Å². The SMILES string of the molecule is COc1c(C)c2c(c(OC(=O)c3ccccc3)c1CC=C(C)CCC(=O)O)C(=O)OC2. The van der Waals surface area contributed by atoms with Gasteiger partial charge in [0, 0.05) is 17.5 Å². The minimum Gasteiger partial charge on any atom is -0.496 e. The fourth-order valence-electron chi connectivity index (χ4n) is 3.53. The molecule has 0 spiro atoms. The van der Waals surface area contributed by atoms with E-state index >= 15 is 0 Å². The number of cyclic esters (lactones) is 1. The maximum atomic E-state index is 12.8. The molecule has 2 aromatic rings. The molecule has 0 aromatic heterocycles. The lowest BCUT2D eigenvalue weighted by Crippen LogP contribution is -2.14. The number of rotatable bonds is 8. The quantitative estimate of drug-likeness (QED) is 0.384. The molecule has 0 fully saturated rings. The Morgan fingerprint density at radius 3 is 2.52 bits per heavy atom. The van der Waals surface area contributed by atoms with E-state index in [1.165, 1.54) is 7.11 Å². The summed E-state index contributed by atoms with van der Waals surface area (Å²) in [6, 6.07) is 8.49. The summed E-state index contributed by atoms with van der Waals surface area (Å²) in [4.78, 5) is 36.1. The fourth-order valence-corrected chi connectivity index (χ4v) is 3.53. The van der Waals surface area contributed by atoms with E-state index in [4.69, 9.17) is 19.3 Å². The van der Waals surface area contributed by atoms with Crippen molar-refractivity contribution in [1.82, 2.24) is 0 Å². The van der Waals surface area contributed by atoms with Gasteiger partial charge in [0.15, 0.2) is 5.75 Å². The standard InChI is InChI=1S/C24H24O7/c1-14(10-12-19(25)26)9-11-17-21(29-3)15(2)18-13-30-24(28)20(18)22(17)31-23(27)16-7-5-4-6-8-16/h4-9H,10-13H2,1-3H3,(H,25,26). The number of hydrogen-bond acceptors (Lipinski definition) is 6. The largest absolute Gasteiger partial charge is 0.496 e. The average molecular weight is 424 g/mol. The van der Waals surface area contributed by atoms with E-state index in [0.717, 1.165) is 11.1 Å². The number of carbonyl (C=O) groups excluding carboxylic acids is 2. The van der Waals surface area contributed by atoms with E-state index in [9.17, 15) is 14.4 Å². The Bertz CT molecular complexity index is 1050. The molecule has 31 heavy (non-hydrogen) atoms.